The molecule has 0 aliphatic rings. The van der Waals surface area contributed by atoms with Gasteiger partial charge in [0.1, 0.15) is 5.82 Å². The fourth-order valence-electron chi connectivity index (χ4n) is 2.16. The van der Waals surface area contributed by atoms with Crippen LogP contribution in [-0.2, 0) is 6.54 Å². The van der Waals surface area contributed by atoms with E-state index in [1.165, 1.54) is 0 Å². The zero-order valence-electron chi connectivity index (χ0n) is 11.1. The number of hydrogen-bond acceptors (Lipinski definition) is 2. The lowest BCUT2D eigenvalue weighted by atomic mass is 10.2. The van der Waals surface area contributed by atoms with Crippen molar-refractivity contribution in [1.82, 2.24) is 9.78 Å². The van der Waals surface area contributed by atoms with Gasteiger partial charge in [0.2, 0.25) is 0 Å². The minimum atomic E-state index is 0.598. The van der Waals surface area contributed by atoms with Crippen LogP contribution in [0, 0.1) is 0 Å². The van der Waals surface area contributed by atoms with Gasteiger partial charge in [0.25, 0.3) is 0 Å². The third-order valence-corrected chi connectivity index (χ3v) is 3.88. The molecule has 3 nitrogen and oxygen atoms in total. The molecule has 0 saturated heterocycles. The van der Waals surface area contributed by atoms with E-state index < -0.39 is 0 Å². The highest BCUT2D eigenvalue weighted by Crippen LogP contribution is 2.24. The first kappa shape index (κ1) is 14.2. The zero-order valence-corrected chi connectivity index (χ0v) is 13.5. The van der Waals surface area contributed by atoms with Gasteiger partial charge in [-0.2, -0.15) is 5.10 Å². The zero-order chi connectivity index (χ0) is 14.8. The van der Waals surface area contributed by atoms with Gasteiger partial charge in [-0.15, -0.1) is 0 Å². The van der Waals surface area contributed by atoms with Crippen molar-refractivity contribution in [2.24, 2.45) is 0 Å². The smallest absolute Gasteiger partial charge is 0.122 e. The van der Waals surface area contributed by atoms with E-state index in [-0.39, 0.29) is 0 Å². The Morgan fingerprint density at radius 2 is 1.90 bits per heavy atom. The molecule has 0 fully saturated rings. The second-order valence-electron chi connectivity index (χ2n) is 4.75. The Bertz CT molecular complexity index is 783. The SMILES string of the molecule is Nc1cc(-c2cccc(Br)c2)nn1Cc1cccc(Cl)c1. The van der Waals surface area contributed by atoms with Gasteiger partial charge in [-0.05, 0) is 29.8 Å². The van der Waals surface area contributed by atoms with Gasteiger partial charge in [0.05, 0.1) is 12.2 Å². The van der Waals surface area contributed by atoms with Crippen molar-refractivity contribution in [3.05, 3.63) is 69.7 Å². The third-order valence-electron chi connectivity index (χ3n) is 3.15. The molecule has 0 aliphatic carbocycles. The number of halogens is 2. The molecule has 2 aromatic carbocycles. The van der Waals surface area contributed by atoms with Crippen molar-refractivity contribution in [2.45, 2.75) is 6.54 Å². The summed E-state index contributed by atoms with van der Waals surface area (Å²) < 4.78 is 2.80. The Labute approximate surface area is 136 Å². The summed E-state index contributed by atoms with van der Waals surface area (Å²) in [6.07, 6.45) is 0. The van der Waals surface area contributed by atoms with Crippen molar-refractivity contribution in [3.8, 4) is 11.3 Å². The van der Waals surface area contributed by atoms with Crippen LogP contribution in [0.5, 0.6) is 0 Å². The highest BCUT2D eigenvalue weighted by atomic mass is 79.9. The molecule has 5 heteroatoms. The number of anilines is 1. The fourth-order valence-corrected chi connectivity index (χ4v) is 2.77. The number of benzene rings is 2. The van der Waals surface area contributed by atoms with Gasteiger partial charge < -0.3 is 5.73 Å². The van der Waals surface area contributed by atoms with Crippen LogP contribution < -0.4 is 5.73 Å². The van der Waals surface area contributed by atoms with Crippen molar-refractivity contribution in [1.29, 1.82) is 0 Å². The van der Waals surface area contributed by atoms with Crippen molar-refractivity contribution >= 4 is 33.3 Å². The minimum absolute atomic E-state index is 0.598. The molecule has 0 saturated carbocycles. The van der Waals surface area contributed by atoms with Gasteiger partial charge in [0, 0.05) is 21.1 Å². The lowest BCUT2D eigenvalue weighted by Crippen LogP contribution is -2.05. The van der Waals surface area contributed by atoms with E-state index in [2.05, 4.69) is 21.0 Å². The summed E-state index contributed by atoms with van der Waals surface area (Å²) >= 11 is 9.47. The van der Waals surface area contributed by atoms with E-state index >= 15 is 0 Å². The van der Waals surface area contributed by atoms with Gasteiger partial charge >= 0.3 is 0 Å². The van der Waals surface area contributed by atoms with E-state index in [0.29, 0.717) is 17.4 Å². The number of nitrogens with two attached hydrogens (primary N) is 1. The maximum absolute atomic E-state index is 6.06. The second-order valence-corrected chi connectivity index (χ2v) is 6.10. The molecule has 0 radical (unpaired) electrons. The van der Waals surface area contributed by atoms with E-state index in [1.54, 1.807) is 4.68 Å². The Morgan fingerprint density at radius 3 is 2.67 bits per heavy atom. The molecule has 21 heavy (non-hydrogen) atoms. The summed E-state index contributed by atoms with van der Waals surface area (Å²) in [6.45, 7) is 0.598. The molecule has 106 valence electrons. The Kier molecular flexibility index (Phi) is 3.99. The maximum atomic E-state index is 6.06. The van der Waals surface area contributed by atoms with Gasteiger partial charge in [0.15, 0.2) is 0 Å². The molecule has 0 spiro atoms. The number of rotatable bonds is 3. The average molecular weight is 363 g/mol. The van der Waals surface area contributed by atoms with E-state index in [0.717, 1.165) is 21.3 Å². The van der Waals surface area contributed by atoms with E-state index in [9.17, 15) is 0 Å². The predicted molar refractivity (Wildman–Crippen MR) is 90.3 cm³/mol. The molecular formula is C16H13BrClN3. The first-order valence-electron chi connectivity index (χ1n) is 6.45. The first-order valence-corrected chi connectivity index (χ1v) is 7.62. The van der Waals surface area contributed by atoms with Gasteiger partial charge in [-0.25, -0.2) is 4.68 Å². The molecule has 3 aromatic rings. The summed E-state index contributed by atoms with van der Waals surface area (Å²) in [4.78, 5) is 0. The molecule has 1 heterocycles. The summed E-state index contributed by atoms with van der Waals surface area (Å²) in [6, 6.07) is 17.6. The van der Waals surface area contributed by atoms with Crippen molar-refractivity contribution in [3.63, 3.8) is 0 Å². The number of hydrogen-bond donors (Lipinski definition) is 1. The quantitative estimate of drug-likeness (QED) is 0.740. The largest absolute Gasteiger partial charge is 0.384 e. The molecular weight excluding hydrogens is 350 g/mol. The lowest BCUT2D eigenvalue weighted by Gasteiger charge is -2.04. The molecule has 3 rings (SSSR count). The second kappa shape index (κ2) is 5.92. The van der Waals surface area contributed by atoms with Crippen molar-refractivity contribution in [2.75, 3.05) is 5.73 Å². The topological polar surface area (TPSA) is 43.8 Å². The molecule has 0 unspecified atom stereocenters. The van der Waals surface area contributed by atoms with E-state index in [1.807, 2.05) is 54.6 Å². The summed E-state index contributed by atoms with van der Waals surface area (Å²) in [7, 11) is 0. The van der Waals surface area contributed by atoms with Crippen LogP contribution in [0.2, 0.25) is 5.02 Å². The Morgan fingerprint density at radius 1 is 1.10 bits per heavy atom. The number of nitrogen functional groups attached to an aromatic ring is 1. The molecule has 2 N–H and O–H groups in total. The number of aromatic nitrogens is 2. The van der Waals surface area contributed by atoms with Crippen LogP contribution in [0.15, 0.2) is 59.1 Å². The minimum Gasteiger partial charge on any atom is -0.384 e. The standard InChI is InChI=1S/C16H13BrClN3/c17-13-5-2-4-12(8-13)15-9-16(19)21(20-15)10-11-3-1-6-14(18)7-11/h1-9H,10,19H2. The highest BCUT2D eigenvalue weighted by Gasteiger charge is 2.08. The Balaban J connectivity index is 1.91. The molecule has 0 aliphatic heterocycles. The van der Waals surface area contributed by atoms with Crippen LogP contribution >= 0.6 is 27.5 Å². The van der Waals surface area contributed by atoms with Crippen molar-refractivity contribution < 1.29 is 0 Å². The predicted octanol–water partition coefficient (Wildman–Crippen LogP) is 4.60. The molecule has 0 atom stereocenters. The van der Waals surface area contributed by atoms with Gasteiger partial charge in [-0.3, -0.25) is 0 Å². The molecule has 0 bridgehead atoms. The van der Waals surface area contributed by atoms with Crippen LogP contribution in [-0.4, -0.2) is 9.78 Å². The number of nitrogens with zero attached hydrogens (tertiary/aromatic N) is 2. The fraction of sp³-hybridized carbons (Fsp3) is 0.0625. The van der Waals surface area contributed by atoms with Crippen LogP contribution in [0.1, 0.15) is 5.56 Å². The normalized spacial score (nSPS) is 10.8. The lowest BCUT2D eigenvalue weighted by molar-refractivity contribution is 0.700. The monoisotopic (exact) mass is 361 g/mol. The van der Waals surface area contributed by atoms with Crippen LogP contribution in [0.3, 0.4) is 0 Å². The summed E-state index contributed by atoms with van der Waals surface area (Å²) in [5, 5.41) is 5.29. The first-order chi connectivity index (χ1) is 10.1. The summed E-state index contributed by atoms with van der Waals surface area (Å²) in [5.74, 6) is 0.630. The molecule has 0 amide bonds. The summed E-state index contributed by atoms with van der Waals surface area (Å²) in [5.41, 5.74) is 9.01. The highest BCUT2D eigenvalue weighted by molar-refractivity contribution is 9.10. The van der Waals surface area contributed by atoms with Crippen LogP contribution in [0.25, 0.3) is 11.3 Å². The maximum Gasteiger partial charge on any atom is 0.122 e. The average Bonchev–Trinajstić information content (AvgIpc) is 2.80. The van der Waals surface area contributed by atoms with Gasteiger partial charge in [-0.1, -0.05) is 51.8 Å². The van der Waals surface area contributed by atoms with Crippen LogP contribution in [0.4, 0.5) is 5.82 Å². The molecule has 1 aromatic heterocycles. The van der Waals surface area contributed by atoms with E-state index in [4.69, 9.17) is 17.3 Å². The third kappa shape index (κ3) is 3.28. The Hall–Kier alpha value is -1.78.